The molecular weight excluding hydrogens is 193 g/mol. The van der Waals surface area contributed by atoms with E-state index in [0.29, 0.717) is 6.04 Å². The Morgan fingerprint density at radius 3 is 2.47 bits per heavy atom. The average Bonchev–Trinajstić information content (AvgIpc) is 2.15. The van der Waals surface area contributed by atoms with Crippen molar-refractivity contribution in [3.63, 3.8) is 0 Å². The molecule has 1 aromatic rings. The lowest BCUT2D eigenvalue weighted by Gasteiger charge is -2.29. The molecule has 1 heterocycles. The molecule has 3 nitrogen and oxygen atoms in total. The Bertz CT molecular complexity index is 295. The summed E-state index contributed by atoms with van der Waals surface area (Å²) in [7, 11) is 0. The quantitative estimate of drug-likeness (QED) is 0.825. The predicted molar refractivity (Wildman–Crippen MR) is 60.3 cm³/mol. The highest BCUT2D eigenvalue weighted by Gasteiger charge is 2.13. The zero-order valence-corrected chi connectivity index (χ0v) is 9.44. The SMILES string of the molecule is CC(N)CN(c1ccc(F)cn1)C(C)C. The summed E-state index contributed by atoms with van der Waals surface area (Å²) in [5, 5.41) is 0. The van der Waals surface area contributed by atoms with Gasteiger partial charge in [-0.25, -0.2) is 9.37 Å². The normalized spacial score (nSPS) is 12.9. The maximum absolute atomic E-state index is 12.7. The Morgan fingerprint density at radius 2 is 2.07 bits per heavy atom. The van der Waals surface area contributed by atoms with E-state index >= 15 is 0 Å². The number of rotatable bonds is 4. The number of nitrogens with two attached hydrogens (primary N) is 1. The Balaban J connectivity index is 2.84. The van der Waals surface area contributed by atoms with Crippen LogP contribution in [0.5, 0.6) is 0 Å². The van der Waals surface area contributed by atoms with E-state index in [4.69, 9.17) is 5.73 Å². The third-order valence-electron chi connectivity index (χ3n) is 2.11. The largest absolute Gasteiger partial charge is 0.353 e. The number of aromatic nitrogens is 1. The molecule has 0 amide bonds. The van der Waals surface area contributed by atoms with Gasteiger partial charge in [-0.05, 0) is 32.9 Å². The summed E-state index contributed by atoms with van der Waals surface area (Å²) in [6.45, 7) is 6.79. The van der Waals surface area contributed by atoms with Gasteiger partial charge in [0, 0.05) is 18.6 Å². The van der Waals surface area contributed by atoms with Crippen LogP contribution in [0.4, 0.5) is 10.2 Å². The van der Waals surface area contributed by atoms with Crippen LogP contribution in [0.2, 0.25) is 0 Å². The molecule has 1 unspecified atom stereocenters. The van der Waals surface area contributed by atoms with Crippen LogP contribution < -0.4 is 10.6 Å². The highest BCUT2D eigenvalue weighted by molar-refractivity contribution is 5.39. The first-order valence-electron chi connectivity index (χ1n) is 5.14. The molecule has 0 aromatic carbocycles. The van der Waals surface area contributed by atoms with Crippen molar-refractivity contribution < 1.29 is 4.39 Å². The van der Waals surface area contributed by atoms with Crippen molar-refractivity contribution in [2.75, 3.05) is 11.4 Å². The fourth-order valence-corrected chi connectivity index (χ4v) is 1.42. The van der Waals surface area contributed by atoms with Gasteiger partial charge in [0.1, 0.15) is 11.6 Å². The lowest BCUT2D eigenvalue weighted by molar-refractivity contribution is 0.601. The summed E-state index contributed by atoms with van der Waals surface area (Å²) < 4.78 is 12.7. The minimum atomic E-state index is -0.316. The van der Waals surface area contributed by atoms with Crippen molar-refractivity contribution in [1.82, 2.24) is 4.98 Å². The first-order chi connectivity index (χ1) is 7.00. The van der Waals surface area contributed by atoms with Crippen LogP contribution in [-0.4, -0.2) is 23.6 Å². The van der Waals surface area contributed by atoms with Gasteiger partial charge in [0.2, 0.25) is 0 Å². The molecule has 0 aliphatic carbocycles. The van der Waals surface area contributed by atoms with E-state index in [1.54, 1.807) is 6.07 Å². The molecule has 84 valence electrons. The molecule has 0 aliphatic heterocycles. The maximum Gasteiger partial charge on any atom is 0.141 e. The van der Waals surface area contributed by atoms with Gasteiger partial charge in [-0.3, -0.25) is 0 Å². The molecule has 0 bridgehead atoms. The summed E-state index contributed by atoms with van der Waals surface area (Å²) in [6, 6.07) is 3.46. The van der Waals surface area contributed by atoms with Gasteiger partial charge in [0.05, 0.1) is 6.20 Å². The van der Waals surface area contributed by atoms with E-state index < -0.39 is 0 Å². The topological polar surface area (TPSA) is 42.1 Å². The van der Waals surface area contributed by atoms with E-state index in [1.165, 1.54) is 12.3 Å². The summed E-state index contributed by atoms with van der Waals surface area (Å²) in [4.78, 5) is 6.11. The van der Waals surface area contributed by atoms with E-state index in [-0.39, 0.29) is 11.9 Å². The van der Waals surface area contributed by atoms with Crippen LogP contribution in [-0.2, 0) is 0 Å². The van der Waals surface area contributed by atoms with Gasteiger partial charge in [0.25, 0.3) is 0 Å². The Hall–Kier alpha value is -1.16. The van der Waals surface area contributed by atoms with Crippen LogP contribution in [0.25, 0.3) is 0 Å². The van der Waals surface area contributed by atoms with E-state index in [9.17, 15) is 4.39 Å². The number of hydrogen-bond donors (Lipinski definition) is 1. The first kappa shape index (κ1) is 11.9. The van der Waals surface area contributed by atoms with Crippen LogP contribution in [0.1, 0.15) is 20.8 Å². The summed E-state index contributed by atoms with van der Waals surface area (Å²) in [6.07, 6.45) is 1.23. The molecule has 0 aliphatic rings. The maximum atomic E-state index is 12.7. The first-order valence-corrected chi connectivity index (χ1v) is 5.14. The van der Waals surface area contributed by atoms with Gasteiger partial charge < -0.3 is 10.6 Å². The monoisotopic (exact) mass is 211 g/mol. The van der Waals surface area contributed by atoms with E-state index in [1.807, 2.05) is 6.92 Å². The molecule has 15 heavy (non-hydrogen) atoms. The van der Waals surface area contributed by atoms with Crippen LogP contribution in [0.3, 0.4) is 0 Å². The summed E-state index contributed by atoms with van der Waals surface area (Å²) in [5.74, 6) is 0.451. The Kier molecular flexibility index (Phi) is 4.03. The smallest absolute Gasteiger partial charge is 0.141 e. The van der Waals surface area contributed by atoms with Gasteiger partial charge in [-0.1, -0.05) is 0 Å². The van der Waals surface area contributed by atoms with Crippen molar-refractivity contribution in [2.45, 2.75) is 32.9 Å². The lowest BCUT2D eigenvalue weighted by atomic mass is 10.2. The third kappa shape index (κ3) is 3.47. The number of hydrogen-bond acceptors (Lipinski definition) is 3. The van der Waals surface area contributed by atoms with Crippen molar-refractivity contribution in [2.24, 2.45) is 5.73 Å². The molecule has 0 spiro atoms. The number of pyridine rings is 1. The Labute approximate surface area is 90.1 Å². The fourth-order valence-electron chi connectivity index (χ4n) is 1.42. The molecule has 0 fully saturated rings. The standard InChI is InChI=1S/C11H18FN3/c1-8(2)15(7-9(3)13)11-5-4-10(12)6-14-11/h4-6,8-9H,7,13H2,1-3H3. The third-order valence-corrected chi connectivity index (χ3v) is 2.11. The zero-order valence-electron chi connectivity index (χ0n) is 9.44. The van der Waals surface area contributed by atoms with E-state index in [0.717, 1.165) is 12.4 Å². The van der Waals surface area contributed by atoms with Crippen LogP contribution in [0.15, 0.2) is 18.3 Å². The molecule has 1 aromatic heterocycles. The van der Waals surface area contributed by atoms with Gasteiger partial charge in [-0.2, -0.15) is 0 Å². The molecule has 0 saturated heterocycles. The second-order valence-electron chi connectivity index (χ2n) is 4.06. The molecule has 0 saturated carbocycles. The average molecular weight is 211 g/mol. The Morgan fingerprint density at radius 1 is 1.40 bits per heavy atom. The van der Waals surface area contributed by atoms with Gasteiger partial charge in [0.15, 0.2) is 0 Å². The summed E-state index contributed by atoms with van der Waals surface area (Å²) >= 11 is 0. The van der Waals surface area contributed by atoms with E-state index in [2.05, 4.69) is 23.7 Å². The second-order valence-corrected chi connectivity index (χ2v) is 4.06. The second kappa shape index (κ2) is 5.07. The lowest BCUT2D eigenvalue weighted by Crippen LogP contribution is -2.40. The molecule has 2 N–H and O–H groups in total. The van der Waals surface area contributed by atoms with Crippen molar-refractivity contribution in [3.05, 3.63) is 24.1 Å². The minimum Gasteiger partial charge on any atom is -0.353 e. The fraction of sp³-hybridized carbons (Fsp3) is 0.545. The van der Waals surface area contributed by atoms with Crippen LogP contribution >= 0.6 is 0 Å². The van der Waals surface area contributed by atoms with Gasteiger partial charge in [-0.15, -0.1) is 0 Å². The number of halogens is 1. The number of nitrogens with zero attached hydrogens (tertiary/aromatic N) is 2. The molecule has 4 heteroatoms. The molecule has 0 radical (unpaired) electrons. The minimum absolute atomic E-state index is 0.0688. The molecule has 1 rings (SSSR count). The van der Waals surface area contributed by atoms with Gasteiger partial charge >= 0.3 is 0 Å². The highest BCUT2D eigenvalue weighted by Crippen LogP contribution is 2.14. The van der Waals surface area contributed by atoms with Crippen molar-refractivity contribution in [3.8, 4) is 0 Å². The van der Waals surface area contributed by atoms with Crippen molar-refractivity contribution >= 4 is 5.82 Å². The summed E-state index contributed by atoms with van der Waals surface area (Å²) in [5.41, 5.74) is 5.75. The number of anilines is 1. The molecule has 1 atom stereocenters. The van der Waals surface area contributed by atoms with Crippen LogP contribution in [0, 0.1) is 5.82 Å². The van der Waals surface area contributed by atoms with Crippen molar-refractivity contribution in [1.29, 1.82) is 0 Å². The zero-order chi connectivity index (χ0) is 11.4. The predicted octanol–water partition coefficient (Wildman–Crippen LogP) is 1.78. The molecular formula is C11H18FN3. The highest BCUT2D eigenvalue weighted by atomic mass is 19.1.